The molecule has 0 saturated carbocycles. The summed E-state index contributed by atoms with van der Waals surface area (Å²) in [6.45, 7) is 2.55. The number of rotatable bonds is 6. The number of thiophene rings is 1. The molecule has 0 aliphatic heterocycles. The van der Waals surface area contributed by atoms with Gasteiger partial charge in [-0.1, -0.05) is 25.6 Å². The third-order valence-corrected chi connectivity index (χ3v) is 6.11. The molecule has 0 radical (unpaired) electrons. The highest BCUT2D eigenvalue weighted by Crippen LogP contribution is 2.24. The molecule has 1 rings (SSSR count). The van der Waals surface area contributed by atoms with Gasteiger partial charge in [0.15, 0.2) is 0 Å². The van der Waals surface area contributed by atoms with Crippen LogP contribution in [0.3, 0.4) is 0 Å². The maximum atomic E-state index is 12.1. The highest BCUT2D eigenvalue weighted by molar-refractivity contribution is 7.91. The van der Waals surface area contributed by atoms with Gasteiger partial charge in [-0.25, -0.2) is 12.7 Å². The third kappa shape index (κ3) is 3.48. The lowest BCUT2D eigenvalue weighted by Crippen LogP contribution is -2.27. The molecule has 0 atom stereocenters. The number of unbranched alkanes of at least 4 members (excludes halogenated alkanes) is 1. The third-order valence-electron chi connectivity index (χ3n) is 2.32. The predicted molar refractivity (Wildman–Crippen MR) is 74.9 cm³/mol. The van der Waals surface area contributed by atoms with Crippen LogP contribution in [-0.4, -0.2) is 31.3 Å². The van der Waals surface area contributed by atoms with Gasteiger partial charge < -0.3 is 5.73 Å². The van der Waals surface area contributed by atoms with E-state index in [-0.39, 0.29) is 4.99 Å². The number of nitrogens with two attached hydrogens (primary N) is 1. The van der Waals surface area contributed by atoms with Crippen molar-refractivity contribution in [2.75, 3.05) is 13.6 Å². The highest BCUT2D eigenvalue weighted by Gasteiger charge is 2.22. The van der Waals surface area contributed by atoms with Crippen LogP contribution in [0.4, 0.5) is 0 Å². The first-order chi connectivity index (χ1) is 7.89. The molecule has 96 valence electrons. The maximum absolute atomic E-state index is 12.1. The topological polar surface area (TPSA) is 63.4 Å². The minimum Gasteiger partial charge on any atom is -0.389 e. The minimum absolute atomic E-state index is 0.229. The van der Waals surface area contributed by atoms with Crippen LogP contribution in [0.5, 0.6) is 0 Å². The number of nitrogens with zero attached hydrogens (tertiary/aromatic N) is 1. The van der Waals surface area contributed by atoms with E-state index < -0.39 is 10.0 Å². The molecule has 0 unspecified atom stereocenters. The van der Waals surface area contributed by atoms with Gasteiger partial charge in [0.05, 0.1) is 4.88 Å². The van der Waals surface area contributed by atoms with Crippen LogP contribution in [0.15, 0.2) is 16.3 Å². The van der Waals surface area contributed by atoms with E-state index in [2.05, 4.69) is 0 Å². The summed E-state index contributed by atoms with van der Waals surface area (Å²) >= 11 is 5.93. The van der Waals surface area contributed by atoms with Crippen molar-refractivity contribution in [1.29, 1.82) is 0 Å². The zero-order chi connectivity index (χ0) is 13.1. The van der Waals surface area contributed by atoms with Crippen LogP contribution >= 0.6 is 23.6 Å². The van der Waals surface area contributed by atoms with E-state index in [1.54, 1.807) is 19.2 Å². The molecule has 0 aromatic carbocycles. The SMILES string of the molecule is CCCCN(C)S(=O)(=O)c1ccc(C(N)=S)s1. The summed E-state index contributed by atoms with van der Waals surface area (Å²) in [6.07, 6.45) is 1.81. The predicted octanol–water partition coefficient (Wildman–Crippen LogP) is 1.80. The first-order valence-corrected chi connectivity index (χ1v) is 7.92. The van der Waals surface area contributed by atoms with E-state index in [1.807, 2.05) is 6.92 Å². The number of thiocarbonyl (C=S) groups is 1. The average molecular weight is 292 g/mol. The largest absolute Gasteiger partial charge is 0.389 e. The molecule has 1 aromatic rings. The lowest BCUT2D eigenvalue weighted by Gasteiger charge is -2.15. The van der Waals surface area contributed by atoms with Crippen molar-refractivity contribution in [3.63, 3.8) is 0 Å². The summed E-state index contributed by atoms with van der Waals surface area (Å²) in [5, 5.41) is 0. The van der Waals surface area contributed by atoms with E-state index in [1.165, 1.54) is 4.31 Å². The molecule has 2 N–H and O–H groups in total. The molecule has 7 heteroatoms. The first kappa shape index (κ1) is 14.6. The van der Waals surface area contributed by atoms with Gasteiger partial charge in [0.1, 0.15) is 9.20 Å². The van der Waals surface area contributed by atoms with Crippen LogP contribution in [0.25, 0.3) is 0 Å². The Bertz CT molecular complexity index is 493. The van der Waals surface area contributed by atoms with Gasteiger partial charge >= 0.3 is 0 Å². The molecular weight excluding hydrogens is 276 g/mol. The molecule has 0 aliphatic carbocycles. The van der Waals surface area contributed by atoms with Gasteiger partial charge in [0.2, 0.25) is 0 Å². The first-order valence-electron chi connectivity index (χ1n) is 5.25. The normalized spacial score (nSPS) is 11.9. The Morgan fingerprint density at radius 1 is 1.53 bits per heavy atom. The molecule has 0 fully saturated rings. The lowest BCUT2D eigenvalue weighted by atomic mass is 10.3. The Hall–Kier alpha value is -0.500. The molecular formula is C10H16N2O2S3. The fourth-order valence-electron chi connectivity index (χ4n) is 1.25. The molecule has 1 aromatic heterocycles. The van der Waals surface area contributed by atoms with Crippen LogP contribution in [0, 0.1) is 0 Å². The van der Waals surface area contributed by atoms with Gasteiger partial charge in [-0.05, 0) is 18.6 Å². The van der Waals surface area contributed by atoms with Crippen molar-refractivity contribution in [3.8, 4) is 0 Å². The van der Waals surface area contributed by atoms with E-state index in [4.69, 9.17) is 18.0 Å². The maximum Gasteiger partial charge on any atom is 0.252 e. The Balaban J connectivity index is 2.92. The Labute approximate surface area is 111 Å². The molecule has 17 heavy (non-hydrogen) atoms. The zero-order valence-electron chi connectivity index (χ0n) is 9.84. The molecule has 0 amide bonds. The number of hydrogen-bond donors (Lipinski definition) is 1. The molecule has 0 spiro atoms. The summed E-state index contributed by atoms with van der Waals surface area (Å²) in [7, 11) is -1.80. The second-order valence-corrected chi connectivity index (χ2v) is 7.46. The molecule has 0 saturated heterocycles. The smallest absolute Gasteiger partial charge is 0.252 e. The summed E-state index contributed by atoms with van der Waals surface area (Å²) < 4.78 is 25.9. The minimum atomic E-state index is -3.39. The van der Waals surface area contributed by atoms with Gasteiger partial charge in [0, 0.05) is 13.6 Å². The van der Waals surface area contributed by atoms with E-state index in [0.717, 1.165) is 24.2 Å². The Kier molecular flexibility index (Phi) is 5.05. The second kappa shape index (κ2) is 5.90. The van der Waals surface area contributed by atoms with Crippen LogP contribution in [0.1, 0.15) is 24.6 Å². The van der Waals surface area contributed by atoms with E-state index in [0.29, 0.717) is 15.6 Å². The van der Waals surface area contributed by atoms with Crippen LogP contribution < -0.4 is 5.73 Å². The Morgan fingerprint density at radius 3 is 2.65 bits per heavy atom. The van der Waals surface area contributed by atoms with Crippen molar-refractivity contribution in [3.05, 3.63) is 17.0 Å². The van der Waals surface area contributed by atoms with Gasteiger partial charge in [-0.2, -0.15) is 0 Å². The lowest BCUT2D eigenvalue weighted by molar-refractivity contribution is 0.461. The number of sulfonamides is 1. The fourth-order valence-corrected chi connectivity index (χ4v) is 4.02. The summed E-state index contributed by atoms with van der Waals surface area (Å²) in [6, 6.07) is 3.20. The second-order valence-electron chi connectivity index (χ2n) is 3.66. The Morgan fingerprint density at radius 2 is 2.18 bits per heavy atom. The summed E-state index contributed by atoms with van der Waals surface area (Å²) in [4.78, 5) is 0.857. The van der Waals surface area contributed by atoms with Gasteiger partial charge in [-0.3, -0.25) is 0 Å². The standard InChI is InChI=1S/C10H16N2O2S3/c1-3-4-7-12(2)17(13,14)9-6-5-8(16-9)10(11)15/h5-6H,3-4,7H2,1-2H3,(H2,11,15). The van der Waals surface area contributed by atoms with E-state index >= 15 is 0 Å². The average Bonchev–Trinajstić information content (AvgIpc) is 2.75. The van der Waals surface area contributed by atoms with Crippen molar-refractivity contribution >= 4 is 38.6 Å². The van der Waals surface area contributed by atoms with E-state index in [9.17, 15) is 8.42 Å². The van der Waals surface area contributed by atoms with Crippen LogP contribution in [0.2, 0.25) is 0 Å². The molecule has 0 aliphatic rings. The summed E-state index contributed by atoms with van der Waals surface area (Å²) in [5.41, 5.74) is 5.46. The molecule has 0 bridgehead atoms. The molecule has 1 heterocycles. The fraction of sp³-hybridized carbons (Fsp3) is 0.500. The van der Waals surface area contributed by atoms with Crippen molar-refractivity contribution in [1.82, 2.24) is 4.31 Å². The van der Waals surface area contributed by atoms with Gasteiger partial charge in [0.25, 0.3) is 10.0 Å². The van der Waals surface area contributed by atoms with Crippen molar-refractivity contribution in [2.24, 2.45) is 5.73 Å². The quantitative estimate of drug-likeness (QED) is 0.812. The number of hydrogen-bond acceptors (Lipinski definition) is 4. The monoisotopic (exact) mass is 292 g/mol. The van der Waals surface area contributed by atoms with Crippen molar-refractivity contribution < 1.29 is 8.42 Å². The zero-order valence-corrected chi connectivity index (χ0v) is 12.3. The van der Waals surface area contributed by atoms with Crippen molar-refractivity contribution in [2.45, 2.75) is 24.0 Å². The molecule has 4 nitrogen and oxygen atoms in total. The van der Waals surface area contributed by atoms with Crippen LogP contribution in [-0.2, 0) is 10.0 Å². The highest BCUT2D eigenvalue weighted by atomic mass is 32.2. The van der Waals surface area contributed by atoms with Gasteiger partial charge in [-0.15, -0.1) is 11.3 Å². The summed E-state index contributed by atoms with van der Waals surface area (Å²) in [5.74, 6) is 0.